The molecule has 0 aromatic rings. The SMILES string of the molecule is C.C1CC2(CCN1)CCNC2.C1CC2(CCN1)CNC2.C1CCC2(C1)CCNCC2.C1CCC2(CC1)CCCNC2.C1CCC2(CC1)CCNC2.C1CCC2(CC1)CCNCC2.C1CCC2(CCNCC2)OC1.CCC.CCC.CCC.CCC.CCC.CCC.CCC. The molecule has 566 valence electrons. The van der Waals surface area contributed by atoms with Crippen LogP contribution in [0.5, 0.6) is 0 Å². The first kappa shape index (κ1) is 93.6. The predicted octanol–water partition coefficient (Wildman–Crippen LogP) is 20.7. The molecule has 14 fully saturated rings. The lowest BCUT2D eigenvalue weighted by Gasteiger charge is -2.45. The molecule has 0 aromatic heterocycles. The second kappa shape index (κ2) is 60.2. The lowest BCUT2D eigenvalue weighted by molar-refractivity contribution is -0.0952. The zero-order valence-electron chi connectivity index (χ0n) is 66.2. The minimum absolute atomic E-state index is 0. The smallest absolute Gasteiger partial charge is 0.0706 e. The molecule has 0 aromatic carbocycles. The molecule has 0 amide bonds. The highest BCUT2D eigenvalue weighted by atomic mass is 16.5. The van der Waals surface area contributed by atoms with E-state index in [9.17, 15) is 0 Å². The van der Waals surface area contributed by atoms with Crippen LogP contribution < -0.4 is 47.9 Å². The molecular weight excluding hydrogens is 1150 g/mol. The van der Waals surface area contributed by atoms with E-state index in [0.29, 0.717) is 11.0 Å². The molecule has 0 bridgehead atoms. The summed E-state index contributed by atoms with van der Waals surface area (Å²) in [6.07, 6.45) is 60.8. The molecule has 14 rings (SSSR count). The Morgan fingerprint density at radius 3 is 0.660 bits per heavy atom. The number of rotatable bonds is 0. The molecule has 14 aliphatic rings. The molecule has 94 heavy (non-hydrogen) atoms. The van der Waals surface area contributed by atoms with Crippen LogP contribution in [0.3, 0.4) is 0 Å². The molecule has 10 saturated heterocycles. The number of hydrogen-bond donors (Lipinski definition) is 9. The predicted molar refractivity (Wildman–Crippen MR) is 424 cm³/mol. The van der Waals surface area contributed by atoms with Crippen LogP contribution in [0.4, 0.5) is 0 Å². The lowest BCUT2D eigenvalue weighted by atomic mass is 9.68. The molecule has 10 aliphatic heterocycles. The van der Waals surface area contributed by atoms with Crippen molar-refractivity contribution in [1.82, 2.24) is 47.9 Å². The second-order valence-corrected chi connectivity index (χ2v) is 32.3. The first-order valence-corrected chi connectivity index (χ1v) is 42.3. The van der Waals surface area contributed by atoms with Crippen LogP contribution in [0.1, 0.15) is 380 Å². The summed E-state index contributed by atoms with van der Waals surface area (Å²) in [6, 6.07) is 0. The van der Waals surface area contributed by atoms with Gasteiger partial charge in [0.05, 0.1) is 5.60 Å². The quantitative estimate of drug-likeness (QED) is 0.116. The highest BCUT2D eigenvalue weighted by Crippen LogP contribution is 2.46. The largest absolute Gasteiger partial charge is 0.375 e. The van der Waals surface area contributed by atoms with Crippen LogP contribution in [0, 0.1) is 32.5 Å². The topological polar surface area (TPSA) is 118 Å². The van der Waals surface area contributed by atoms with Gasteiger partial charge in [0.2, 0.25) is 0 Å². The van der Waals surface area contributed by atoms with Gasteiger partial charge in [0.1, 0.15) is 0 Å². The zero-order valence-corrected chi connectivity index (χ0v) is 66.2. The number of ether oxygens (including phenoxy) is 1. The maximum absolute atomic E-state index is 5.87. The molecule has 4 aliphatic carbocycles. The summed E-state index contributed by atoms with van der Waals surface area (Å²) in [5, 5.41) is 30.9. The summed E-state index contributed by atoms with van der Waals surface area (Å²) in [5.74, 6) is 0. The fraction of sp³-hybridized carbons (Fsp3) is 1.00. The van der Waals surface area contributed by atoms with Gasteiger partial charge < -0.3 is 52.6 Å². The number of hydrogen-bond acceptors (Lipinski definition) is 10. The zero-order chi connectivity index (χ0) is 68.4. The Labute approximate surface area is 592 Å². The minimum atomic E-state index is 0. The van der Waals surface area contributed by atoms with Gasteiger partial charge in [-0.1, -0.05) is 220 Å². The van der Waals surface area contributed by atoms with Crippen molar-refractivity contribution in [2.45, 2.75) is 386 Å². The van der Waals surface area contributed by atoms with Gasteiger partial charge in [0.15, 0.2) is 0 Å². The molecule has 7 spiro atoms. The molecule has 10 heteroatoms. The maximum Gasteiger partial charge on any atom is 0.0706 e. The molecule has 10 heterocycles. The van der Waals surface area contributed by atoms with E-state index in [0.717, 1.165) is 46.8 Å². The lowest BCUT2D eigenvalue weighted by Crippen LogP contribution is -2.57. The molecule has 4 saturated carbocycles. The fourth-order valence-electron chi connectivity index (χ4n) is 16.8. The van der Waals surface area contributed by atoms with Crippen LogP contribution in [0.25, 0.3) is 0 Å². The van der Waals surface area contributed by atoms with E-state index < -0.39 is 0 Å². The summed E-state index contributed by atoms with van der Waals surface area (Å²) in [7, 11) is 0. The summed E-state index contributed by atoms with van der Waals surface area (Å²) in [6.45, 7) is 53.4. The van der Waals surface area contributed by atoms with E-state index in [-0.39, 0.29) is 7.43 Å². The molecular formula is C84H179N9O. The molecule has 9 N–H and O–H groups in total. The second-order valence-electron chi connectivity index (χ2n) is 32.3. The molecule has 0 radical (unpaired) electrons. The highest BCUT2D eigenvalue weighted by Gasteiger charge is 2.40. The first-order valence-electron chi connectivity index (χ1n) is 42.3. The van der Waals surface area contributed by atoms with E-state index in [2.05, 4.69) is 145 Å². The van der Waals surface area contributed by atoms with E-state index in [1.807, 2.05) is 0 Å². The third kappa shape index (κ3) is 41.5. The maximum atomic E-state index is 5.87. The van der Waals surface area contributed by atoms with Gasteiger partial charge in [-0.2, -0.15) is 0 Å². The van der Waals surface area contributed by atoms with Crippen molar-refractivity contribution in [3.8, 4) is 0 Å². The van der Waals surface area contributed by atoms with Crippen molar-refractivity contribution in [2.75, 3.05) is 124 Å². The van der Waals surface area contributed by atoms with Gasteiger partial charge in [0, 0.05) is 39.3 Å². The highest BCUT2D eigenvalue weighted by molar-refractivity contribution is 4.96. The van der Waals surface area contributed by atoms with Crippen LogP contribution in [-0.4, -0.2) is 130 Å². The Balaban J connectivity index is 0.00000102. The van der Waals surface area contributed by atoms with Gasteiger partial charge in [-0.3, -0.25) is 0 Å². The molecule has 10 nitrogen and oxygen atoms in total. The van der Waals surface area contributed by atoms with Gasteiger partial charge in [-0.25, -0.2) is 0 Å². The molecule has 0 atom stereocenters. The third-order valence-electron chi connectivity index (χ3n) is 22.2. The fourth-order valence-corrected chi connectivity index (χ4v) is 16.8. The monoisotopic (exact) mass is 1330 g/mol. The van der Waals surface area contributed by atoms with Crippen molar-refractivity contribution in [1.29, 1.82) is 0 Å². The number of nitrogens with one attached hydrogen (secondary N) is 9. The van der Waals surface area contributed by atoms with Crippen LogP contribution in [0.15, 0.2) is 0 Å². The normalized spacial score (nSPS) is 25.1. The van der Waals surface area contributed by atoms with Gasteiger partial charge >= 0.3 is 0 Å². The average molecular weight is 1330 g/mol. The average Bonchev–Trinajstić information content (AvgIpc) is 1.42. The van der Waals surface area contributed by atoms with Crippen molar-refractivity contribution in [3.05, 3.63) is 0 Å². The Hall–Kier alpha value is -0.400. The van der Waals surface area contributed by atoms with Gasteiger partial charge in [-0.05, 0) is 278 Å². The van der Waals surface area contributed by atoms with Gasteiger partial charge in [0.25, 0.3) is 0 Å². The number of piperidine rings is 6. The van der Waals surface area contributed by atoms with Crippen molar-refractivity contribution < 1.29 is 4.74 Å². The van der Waals surface area contributed by atoms with Crippen LogP contribution >= 0.6 is 0 Å². The molecule has 0 unspecified atom stereocenters. The van der Waals surface area contributed by atoms with E-state index in [1.54, 1.807) is 0 Å². The third-order valence-corrected chi connectivity index (χ3v) is 22.2. The van der Waals surface area contributed by atoms with Crippen molar-refractivity contribution in [3.63, 3.8) is 0 Å². The standard InChI is InChI=1S/2C10H19N.C9H17NO.2C9H17N.C8H16N2.C7H14N2.7C3H8.CH4/c1-2-5-10(6-3-1)7-4-8-11-9-10;1-2-4-10(5-3-1)6-8-11-9-7-10;1-2-8-11-9(3-1)4-6-10-7-5-9;1-2-4-9(3-1)5-7-10-8-6-9;1-2-4-9(5-3-1)6-7-10-8-9;1-4-9-5-2-8(1)3-6-10-7-8;1-3-8-4-2-7(1)5-9-6-7;7*1-3-2;/h2*11H,1-9H2;10H,1-8H2;2*10H,1-8H2;9-10H,1-7H2;8-9H,1-6H2;7*3H2,1-2H3;1H4. The Morgan fingerprint density at radius 2 is 0.404 bits per heavy atom. The summed E-state index contributed by atoms with van der Waals surface area (Å²) >= 11 is 0. The minimum Gasteiger partial charge on any atom is -0.375 e. The Morgan fingerprint density at radius 1 is 0.191 bits per heavy atom. The summed E-state index contributed by atoms with van der Waals surface area (Å²) in [5.41, 5.74) is 4.84. The first-order chi connectivity index (χ1) is 45.3. The van der Waals surface area contributed by atoms with Crippen molar-refractivity contribution >= 4 is 0 Å². The van der Waals surface area contributed by atoms with E-state index in [1.165, 1.54) is 381 Å². The Bertz CT molecular complexity index is 1280. The van der Waals surface area contributed by atoms with Gasteiger partial charge in [-0.15, -0.1) is 0 Å². The Kier molecular flexibility index (Phi) is 60.0. The van der Waals surface area contributed by atoms with Crippen molar-refractivity contribution in [2.24, 2.45) is 32.5 Å². The summed E-state index contributed by atoms with van der Waals surface area (Å²) in [4.78, 5) is 0. The van der Waals surface area contributed by atoms with Crippen LogP contribution in [-0.2, 0) is 4.74 Å². The van der Waals surface area contributed by atoms with Crippen LogP contribution in [0.2, 0.25) is 0 Å². The summed E-state index contributed by atoms with van der Waals surface area (Å²) < 4.78 is 5.87. The van der Waals surface area contributed by atoms with E-state index in [4.69, 9.17) is 4.74 Å². The van der Waals surface area contributed by atoms with E-state index >= 15 is 0 Å².